The van der Waals surface area contributed by atoms with E-state index in [-0.39, 0.29) is 0 Å². The number of imidazole rings is 1. The molecule has 0 unspecified atom stereocenters. The van der Waals surface area contributed by atoms with E-state index < -0.39 is 0 Å². The van der Waals surface area contributed by atoms with Gasteiger partial charge in [-0.2, -0.15) is 0 Å². The second-order valence-electron chi connectivity index (χ2n) is 5.56. The number of rotatable bonds is 5. The lowest BCUT2D eigenvalue weighted by Crippen LogP contribution is -2.02. The average Bonchev–Trinajstić information content (AvgIpc) is 3.34. The second-order valence-corrected chi connectivity index (χ2v) is 5.56. The van der Waals surface area contributed by atoms with Gasteiger partial charge < -0.3 is 4.57 Å². The molecule has 0 saturated heterocycles. The third-order valence-electron chi connectivity index (χ3n) is 4.01. The maximum atomic E-state index is 11.0. The molecular weight excluding hydrogens is 316 g/mol. The number of hydrogen-bond acceptors (Lipinski definition) is 5. The van der Waals surface area contributed by atoms with Crippen molar-refractivity contribution in [3.05, 3.63) is 72.3 Å². The normalized spacial score (nSPS) is 10.7. The first-order chi connectivity index (χ1) is 12.3. The van der Waals surface area contributed by atoms with Crippen LogP contribution in [0.2, 0.25) is 0 Å². The van der Waals surface area contributed by atoms with Crippen LogP contribution in [0.15, 0.2) is 61.1 Å². The number of tetrazole rings is 1. The topological polar surface area (TPSA) is 89.3 Å². The molecule has 0 aliphatic heterocycles. The molecule has 0 aliphatic carbocycles. The number of hydrogen-bond donors (Lipinski definition) is 1. The Hall–Kier alpha value is -3.61. The van der Waals surface area contributed by atoms with Gasteiger partial charge in [-0.25, -0.2) is 10.1 Å². The van der Waals surface area contributed by atoms with Crippen molar-refractivity contribution >= 4 is 6.29 Å². The Morgan fingerprint density at radius 1 is 1.04 bits per heavy atom. The summed E-state index contributed by atoms with van der Waals surface area (Å²) in [6.07, 6.45) is 4.02. The van der Waals surface area contributed by atoms with E-state index in [2.05, 4.69) is 37.7 Å². The summed E-state index contributed by atoms with van der Waals surface area (Å²) in [5.74, 6) is 0.633. The number of carbonyl (C=O) groups is 1. The van der Waals surface area contributed by atoms with Crippen LogP contribution in [-0.2, 0) is 6.54 Å². The number of benzene rings is 2. The van der Waals surface area contributed by atoms with E-state index in [4.69, 9.17) is 0 Å². The number of carbonyl (C=O) groups excluding carboxylic acids is 1. The monoisotopic (exact) mass is 330 g/mol. The summed E-state index contributed by atoms with van der Waals surface area (Å²) in [5.41, 5.74) is 4.70. The summed E-state index contributed by atoms with van der Waals surface area (Å²) < 4.78 is 1.82. The zero-order valence-corrected chi connectivity index (χ0v) is 13.2. The molecule has 7 heteroatoms. The van der Waals surface area contributed by atoms with E-state index >= 15 is 0 Å². The van der Waals surface area contributed by atoms with Gasteiger partial charge in [0.15, 0.2) is 12.1 Å². The quantitative estimate of drug-likeness (QED) is 0.568. The van der Waals surface area contributed by atoms with Gasteiger partial charge >= 0.3 is 0 Å². The van der Waals surface area contributed by atoms with Crippen LogP contribution in [0.4, 0.5) is 0 Å². The zero-order valence-electron chi connectivity index (χ0n) is 13.2. The van der Waals surface area contributed by atoms with Gasteiger partial charge in [0.05, 0.1) is 12.5 Å². The van der Waals surface area contributed by atoms with Gasteiger partial charge in [0.1, 0.15) is 5.69 Å². The van der Waals surface area contributed by atoms with E-state index in [1.54, 1.807) is 12.5 Å². The highest BCUT2D eigenvalue weighted by Crippen LogP contribution is 2.29. The van der Waals surface area contributed by atoms with Crippen molar-refractivity contribution in [1.29, 1.82) is 0 Å². The van der Waals surface area contributed by atoms with Gasteiger partial charge in [0.25, 0.3) is 0 Å². The average molecular weight is 330 g/mol. The third-order valence-corrected chi connectivity index (χ3v) is 4.01. The summed E-state index contributed by atoms with van der Waals surface area (Å²) in [6.45, 7) is 0.599. The van der Waals surface area contributed by atoms with Crippen molar-refractivity contribution in [2.45, 2.75) is 6.54 Å². The number of nitrogens with zero attached hydrogens (tertiary/aromatic N) is 5. The van der Waals surface area contributed by atoms with Crippen molar-refractivity contribution in [2.24, 2.45) is 0 Å². The lowest BCUT2D eigenvalue weighted by molar-refractivity contribution is 0.111. The van der Waals surface area contributed by atoms with Gasteiger partial charge in [-0.1, -0.05) is 48.5 Å². The van der Waals surface area contributed by atoms with E-state index in [0.717, 1.165) is 28.5 Å². The molecule has 0 spiro atoms. The summed E-state index contributed by atoms with van der Waals surface area (Å²) >= 11 is 0. The number of aromatic amines is 1. The van der Waals surface area contributed by atoms with Crippen LogP contribution in [0.5, 0.6) is 0 Å². The molecule has 4 rings (SSSR count). The van der Waals surface area contributed by atoms with Crippen molar-refractivity contribution in [3.8, 4) is 22.5 Å². The van der Waals surface area contributed by atoms with Gasteiger partial charge in [0, 0.05) is 12.1 Å². The van der Waals surface area contributed by atoms with Gasteiger partial charge in [0.2, 0.25) is 0 Å². The molecule has 0 saturated carbocycles. The summed E-state index contributed by atoms with van der Waals surface area (Å²) in [5, 5.41) is 14.1. The number of aldehydes is 1. The fourth-order valence-electron chi connectivity index (χ4n) is 2.76. The fraction of sp³-hybridized carbons (Fsp3) is 0.0556. The van der Waals surface area contributed by atoms with Crippen LogP contribution in [0, 0.1) is 0 Å². The van der Waals surface area contributed by atoms with E-state index in [0.29, 0.717) is 18.1 Å². The molecule has 0 fully saturated rings. The predicted molar refractivity (Wildman–Crippen MR) is 91.8 cm³/mol. The molecule has 25 heavy (non-hydrogen) atoms. The Kier molecular flexibility index (Phi) is 3.88. The number of H-pyrrole nitrogens is 1. The SMILES string of the molecule is O=Cc1cncn1Cc1ccc(-c2ccccc2-c2nnn[nH]2)cc1. The van der Waals surface area contributed by atoms with Crippen LogP contribution in [0.3, 0.4) is 0 Å². The molecule has 0 atom stereocenters. The van der Waals surface area contributed by atoms with Crippen molar-refractivity contribution in [1.82, 2.24) is 30.2 Å². The van der Waals surface area contributed by atoms with Gasteiger partial charge in [-0.05, 0) is 27.1 Å². The third kappa shape index (κ3) is 2.94. The highest BCUT2D eigenvalue weighted by Gasteiger charge is 2.10. The van der Waals surface area contributed by atoms with Crippen LogP contribution >= 0.6 is 0 Å². The highest BCUT2D eigenvalue weighted by atomic mass is 16.1. The van der Waals surface area contributed by atoms with E-state index in [1.807, 2.05) is 41.0 Å². The van der Waals surface area contributed by atoms with Gasteiger partial charge in [-0.15, -0.1) is 5.10 Å². The molecule has 0 radical (unpaired) electrons. The molecule has 0 aliphatic rings. The van der Waals surface area contributed by atoms with E-state index in [1.165, 1.54) is 0 Å². The van der Waals surface area contributed by atoms with Crippen LogP contribution in [0.1, 0.15) is 16.1 Å². The molecule has 0 amide bonds. The largest absolute Gasteiger partial charge is 0.324 e. The van der Waals surface area contributed by atoms with Crippen molar-refractivity contribution in [2.75, 3.05) is 0 Å². The molecular formula is C18H14N6O. The zero-order chi connectivity index (χ0) is 17.1. The minimum Gasteiger partial charge on any atom is -0.324 e. The Labute approximate surface area is 143 Å². The first-order valence-electron chi connectivity index (χ1n) is 7.73. The Morgan fingerprint density at radius 3 is 2.56 bits per heavy atom. The first kappa shape index (κ1) is 14.9. The smallest absolute Gasteiger partial charge is 0.180 e. The summed E-state index contributed by atoms with van der Waals surface area (Å²) in [7, 11) is 0. The summed E-state index contributed by atoms with van der Waals surface area (Å²) in [6, 6.07) is 16.1. The maximum Gasteiger partial charge on any atom is 0.180 e. The Balaban J connectivity index is 1.64. The molecule has 7 nitrogen and oxygen atoms in total. The minimum atomic E-state index is 0.562. The Bertz CT molecular complexity index is 989. The van der Waals surface area contributed by atoms with Gasteiger partial charge in [-0.3, -0.25) is 4.79 Å². The molecule has 4 aromatic rings. The molecule has 122 valence electrons. The number of aromatic nitrogens is 6. The minimum absolute atomic E-state index is 0.562. The van der Waals surface area contributed by atoms with Crippen LogP contribution in [0.25, 0.3) is 22.5 Å². The highest BCUT2D eigenvalue weighted by molar-refractivity contribution is 5.80. The lowest BCUT2D eigenvalue weighted by atomic mass is 9.98. The molecule has 2 aromatic carbocycles. The predicted octanol–water partition coefficient (Wildman–Crippen LogP) is 2.59. The maximum absolute atomic E-state index is 11.0. The molecule has 1 N–H and O–H groups in total. The van der Waals surface area contributed by atoms with Crippen LogP contribution < -0.4 is 0 Å². The molecule has 2 aromatic heterocycles. The van der Waals surface area contributed by atoms with Crippen molar-refractivity contribution < 1.29 is 4.79 Å². The molecule has 2 heterocycles. The van der Waals surface area contributed by atoms with Crippen molar-refractivity contribution in [3.63, 3.8) is 0 Å². The number of nitrogens with one attached hydrogen (secondary N) is 1. The second kappa shape index (κ2) is 6.48. The standard InChI is InChI=1S/C18H14N6O/c25-11-15-9-19-12-24(15)10-13-5-7-14(8-6-13)16-3-1-2-4-17(16)18-20-22-23-21-18/h1-9,11-12H,10H2,(H,20,21,22,23). The fourth-order valence-corrected chi connectivity index (χ4v) is 2.76. The lowest BCUT2D eigenvalue weighted by Gasteiger charge is -2.09. The van der Waals surface area contributed by atoms with E-state index in [9.17, 15) is 4.79 Å². The Morgan fingerprint density at radius 2 is 1.84 bits per heavy atom. The summed E-state index contributed by atoms with van der Waals surface area (Å²) in [4.78, 5) is 15.0. The van der Waals surface area contributed by atoms with Crippen LogP contribution in [-0.4, -0.2) is 36.5 Å². The molecule has 0 bridgehead atoms. The first-order valence-corrected chi connectivity index (χ1v) is 7.73.